The van der Waals surface area contributed by atoms with Gasteiger partial charge in [0.2, 0.25) is 5.43 Å². The summed E-state index contributed by atoms with van der Waals surface area (Å²) in [5.74, 6) is -1.79. The van der Waals surface area contributed by atoms with Gasteiger partial charge in [-0.15, -0.1) is 0 Å². The van der Waals surface area contributed by atoms with E-state index in [1.807, 2.05) is 6.92 Å². The number of pyridine rings is 1. The number of rotatable bonds is 9. The molecular weight excluding hydrogens is 358 g/mol. The number of ether oxygens (including phenoxy) is 5. The number of hydrogen-bond acceptors (Lipinski definition) is 8. The van der Waals surface area contributed by atoms with Crippen LogP contribution in [0.3, 0.4) is 0 Å². The highest BCUT2D eigenvalue weighted by Gasteiger charge is 2.29. The molecule has 2 rings (SSSR count). The molecule has 1 aromatic rings. The summed E-state index contributed by atoms with van der Waals surface area (Å²) in [6.07, 6.45) is 2.15. The normalized spacial score (nSPS) is 14.2. The average Bonchev–Trinajstić information content (AvgIpc) is 3.16. The first-order valence-electron chi connectivity index (χ1n) is 8.92. The lowest BCUT2D eigenvalue weighted by Crippen LogP contribution is -2.30. The van der Waals surface area contributed by atoms with Crippen LogP contribution in [0.25, 0.3) is 0 Å². The fraction of sp³-hybridized carbons (Fsp3) is 0.611. The quantitative estimate of drug-likeness (QED) is 0.465. The molecule has 27 heavy (non-hydrogen) atoms. The summed E-state index contributed by atoms with van der Waals surface area (Å²) in [7, 11) is 1.20. The Morgan fingerprint density at radius 3 is 2.52 bits per heavy atom. The van der Waals surface area contributed by atoms with Gasteiger partial charge in [-0.1, -0.05) is 13.3 Å². The van der Waals surface area contributed by atoms with Crippen molar-refractivity contribution in [2.45, 2.75) is 39.5 Å². The Labute approximate surface area is 157 Å². The molecule has 2 heterocycles. The Morgan fingerprint density at radius 2 is 1.93 bits per heavy atom. The third-order valence-electron chi connectivity index (χ3n) is 3.89. The first-order valence-corrected chi connectivity index (χ1v) is 8.92. The van der Waals surface area contributed by atoms with Gasteiger partial charge in [0.15, 0.2) is 17.7 Å². The van der Waals surface area contributed by atoms with Crippen molar-refractivity contribution in [3.05, 3.63) is 27.7 Å². The highest BCUT2D eigenvalue weighted by Crippen LogP contribution is 2.20. The van der Waals surface area contributed by atoms with E-state index in [4.69, 9.17) is 23.7 Å². The highest BCUT2D eigenvalue weighted by atomic mass is 16.7. The summed E-state index contributed by atoms with van der Waals surface area (Å²) < 4.78 is 27.6. The van der Waals surface area contributed by atoms with Gasteiger partial charge < -0.3 is 28.3 Å². The Bertz CT molecular complexity index is 721. The molecule has 0 bridgehead atoms. The Kier molecular flexibility index (Phi) is 7.81. The molecule has 0 aromatic carbocycles. The molecule has 0 atom stereocenters. The Balaban J connectivity index is 2.56. The summed E-state index contributed by atoms with van der Waals surface area (Å²) in [5.41, 5.74) is -1.03. The summed E-state index contributed by atoms with van der Waals surface area (Å²) >= 11 is 0. The molecule has 0 N–H and O–H groups in total. The van der Waals surface area contributed by atoms with Crippen LogP contribution >= 0.6 is 0 Å². The van der Waals surface area contributed by atoms with E-state index < -0.39 is 23.7 Å². The average molecular weight is 383 g/mol. The molecule has 0 amide bonds. The first kappa shape index (κ1) is 20.9. The molecule has 0 aliphatic carbocycles. The summed E-state index contributed by atoms with van der Waals surface area (Å²) in [4.78, 5) is 37.4. The van der Waals surface area contributed by atoms with Gasteiger partial charge in [-0.3, -0.25) is 4.79 Å². The minimum atomic E-state index is -0.790. The summed E-state index contributed by atoms with van der Waals surface area (Å²) in [5, 5.41) is 0. The number of nitrogens with zero attached hydrogens (tertiary/aromatic N) is 1. The lowest BCUT2D eigenvalue weighted by molar-refractivity contribution is -0.0531. The van der Waals surface area contributed by atoms with E-state index in [1.165, 1.54) is 17.9 Å². The maximum absolute atomic E-state index is 12.8. The van der Waals surface area contributed by atoms with Crippen LogP contribution in [0.4, 0.5) is 0 Å². The zero-order valence-corrected chi connectivity index (χ0v) is 15.8. The van der Waals surface area contributed by atoms with Crippen molar-refractivity contribution in [1.29, 1.82) is 0 Å². The van der Waals surface area contributed by atoms with Gasteiger partial charge in [-0.2, -0.15) is 0 Å². The molecule has 1 saturated heterocycles. The van der Waals surface area contributed by atoms with Crippen molar-refractivity contribution in [1.82, 2.24) is 4.57 Å². The lowest BCUT2D eigenvalue weighted by atomic mass is 10.2. The van der Waals surface area contributed by atoms with Crippen molar-refractivity contribution in [2.24, 2.45) is 0 Å². The van der Waals surface area contributed by atoms with Crippen LogP contribution < -0.4 is 10.2 Å². The molecule has 1 aliphatic heterocycles. The zero-order chi connectivity index (χ0) is 19.8. The van der Waals surface area contributed by atoms with Crippen LogP contribution in [-0.2, 0) is 25.5 Å². The van der Waals surface area contributed by atoms with Crippen LogP contribution in [0, 0.1) is 0 Å². The number of carbonyl (C=O) groups excluding carboxylic acids is 2. The second-order valence-electron chi connectivity index (χ2n) is 5.79. The Morgan fingerprint density at radius 1 is 1.22 bits per heavy atom. The molecular formula is C18H25NO8. The molecule has 0 unspecified atom stereocenters. The second-order valence-corrected chi connectivity index (χ2v) is 5.79. The molecule has 1 fully saturated rings. The third-order valence-corrected chi connectivity index (χ3v) is 3.89. The lowest BCUT2D eigenvalue weighted by Gasteiger charge is -2.19. The van der Waals surface area contributed by atoms with Gasteiger partial charge >= 0.3 is 11.9 Å². The van der Waals surface area contributed by atoms with E-state index >= 15 is 0 Å². The van der Waals surface area contributed by atoms with Crippen LogP contribution in [0.15, 0.2) is 11.0 Å². The predicted octanol–water partition coefficient (Wildman–Crippen LogP) is 1.36. The first-order chi connectivity index (χ1) is 13.0. The predicted molar refractivity (Wildman–Crippen MR) is 94.1 cm³/mol. The van der Waals surface area contributed by atoms with Gasteiger partial charge in [0.25, 0.3) is 0 Å². The molecule has 0 saturated carbocycles. The SMILES string of the molecule is CCCCOc1c(C(=O)OC)n(CC2OCCO2)cc(C(=O)OCC)c1=O. The number of methoxy groups -OCH3 is 1. The van der Waals surface area contributed by atoms with Crippen molar-refractivity contribution >= 4 is 11.9 Å². The van der Waals surface area contributed by atoms with Crippen LogP contribution in [0.2, 0.25) is 0 Å². The van der Waals surface area contributed by atoms with E-state index in [2.05, 4.69) is 0 Å². The minimum Gasteiger partial charge on any atom is -0.487 e. The minimum absolute atomic E-state index is 0.0846. The van der Waals surface area contributed by atoms with Gasteiger partial charge in [0.05, 0.1) is 40.1 Å². The number of esters is 2. The number of hydrogen-bond donors (Lipinski definition) is 0. The van der Waals surface area contributed by atoms with Crippen LogP contribution in [0.1, 0.15) is 47.5 Å². The van der Waals surface area contributed by atoms with Gasteiger partial charge in [-0.25, -0.2) is 9.59 Å². The molecule has 1 aromatic heterocycles. The Hall–Kier alpha value is -2.39. The fourth-order valence-electron chi connectivity index (χ4n) is 2.57. The van der Waals surface area contributed by atoms with Crippen molar-refractivity contribution in [2.75, 3.05) is 33.5 Å². The van der Waals surface area contributed by atoms with E-state index in [0.717, 1.165) is 6.42 Å². The van der Waals surface area contributed by atoms with Gasteiger partial charge in [0.1, 0.15) is 5.56 Å². The van der Waals surface area contributed by atoms with Crippen molar-refractivity contribution < 1.29 is 33.3 Å². The fourth-order valence-corrected chi connectivity index (χ4v) is 2.57. The summed E-state index contributed by atoms with van der Waals surface area (Å²) in [6.45, 7) is 4.86. The highest BCUT2D eigenvalue weighted by molar-refractivity contribution is 5.94. The largest absolute Gasteiger partial charge is 0.487 e. The van der Waals surface area contributed by atoms with Gasteiger partial charge in [-0.05, 0) is 13.3 Å². The number of aromatic nitrogens is 1. The van der Waals surface area contributed by atoms with Crippen LogP contribution in [0.5, 0.6) is 5.75 Å². The van der Waals surface area contributed by atoms with Crippen molar-refractivity contribution in [3.63, 3.8) is 0 Å². The standard InChI is InChI=1S/C18H25NO8/c1-4-6-7-27-16-14(18(22)23-3)19(11-13-25-8-9-26-13)10-12(15(16)20)17(21)24-5-2/h10,13H,4-9,11H2,1-3H3. The van der Waals surface area contributed by atoms with Crippen LogP contribution in [-0.4, -0.2) is 56.3 Å². The summed E-state index contributed by atoms with van der Waals surface area (Å²) in [6, 6.07) is 0. The molecule has 0 spiro atoms. The molecule has 150 valence electrons. The third kappa shape index (κ3) is 5.08. The second kappa shape index (κ2) is 10.1. The smallest absolute Gasteiger partial charge is 0.358 e. The number of unbranched alkanes of at least 4 members (excludes halogenated alkanes) is 1. The number of carbonyl (C=O) groups is 2. The van der Waals surface area contributed by atoms with E-state index in [-0.39, 0.29) is 36.8 Å². The molecule has 9 nitrogen and oxygen atoms in total. The topological polar surface area (TPSA) is 102 Å². The molecule has 0 radical (unpaired) electrons. The monoisotopic (exact) mass is 383 g/mol. The maximum atomic E-state index is 12.8. The van der Waals surface area contributed by atoms with E-state index in [0.29, 0.717) is 19.6 Å². The van der Waals surface area contributed by atoms with Gasteiger partial charge in [0, 0.05) is 6.20 Å². The van der Waals surface area contributed by atoms with E-state index in [9.17, 15) is 14.4 Å². The zero-order valence-electron chi connectivity index (χ0n) is 15.8. The molecule has 9 heteroatoms. The maximum Gasteiger partial charge on any atom is 0.358 e. The molecule has 1 aliphatic rings. The van der Waals surface area contributed by atoms with E-state index in [1.54, 1.807) is 6.92 Å². The van der Waals surface area contributed by atoms with Crippen molar-refractivity contribution in [3.8, 4) is 5.75 Å².